The van der Waals surface area contributed by atoms with Crippen LogP contribution in [0.2, 0.25) is 0 Å². The predicted molar refractivity (Wildman–Crippen MR) is 288 cm³/mol. The molecule has 4 aromatic heterocycles. The molecule has 70 heavy (non-hydrogen) atoms. The largest absolute Gasteiger partial charge is 0.456 e. The van der Waals surface area contributed by atoms with Crippen LogP contribution >= 0.6 is 0 Å². The minimum absolute atomic E-state index is 0.297. The average Bonchev–Trinajstić information content (AvgIpc) is 4.17. The molecule has 0 atom stereocenters. The maximum atomic E-state index is 8.85. The number of furan rings is 2. The van der Waals surface area contributed by atoms with Crippen molar-refractivity contribution in [2.45, 2.75) is 0 Å². The van der Waals surface area contributed by atoms with Gasteiger partial charge in [0.05, 0.1) is 46.6 Å². The van der Waals surface area contributed by atoms with E-state index in [0.29, 0.717) is 17.1 Å². The Morgan fingerprint density at radius 2 is 0.771 bits per heavy atom. The summed E-state index contributed by atoms with van der Waals surface area (Å²) in [5, 5.41) is 13.2. The lowest BCUT2D eigenvalue weighted by atomic mass is 9.99. The quantitative estimate of drug-likeness (QED) is 0.165. The van der Waals surface area contributed by atoms with Gasteiger partial charge in [-0.25, -0.2) is 4.85 Å². The highest BCUT2D eigenvalue weighted by atomic mass is 16.3. The standard InChI is InChI=1S/C64H34N4O2/c1-65-51-27-32-56(67-52-28-23-39(33-49(52)61-43-13-5-3-11-37(43)21-30-54(61)67)41-19-25-47-45-15-7-9-17-57(45)69-59(47)35-41)64(63(51)66-2)68-53-29-24-40(34-50(53)62-44-14-6-4-12-38(44)22-31-55(62)68)42-20-26-48-46-16-8-10-18-58(46)70-60(48)36-42/h3-36H. The van der Waals surface area contributed by atoms with E-state index in [-0.39, 0.29) is 0 Å². The van der Waals surface area contributed by atoms with Gasteiger partial charge in [-0.05, 0) is 123 Å². The predicted octanol–water partition coefficient (Wildman–Crippen LogP) is 18.4. The zero-order valence-corrected chi connectivity index (χ0v) is 37.2. The number of fused-ring (bicyclic) bond motifs is 16. The van der Waals surface area contributed by atoms with Gasteiger partial charge in [-0.2, -0.15) is 0 Å². The molecule has 0 aliphatic heterocycles. The fourth-order valence-corrected chi connectivity index (χ4v) is 11.4. The lowest BCUT2D eigenvalue weighted by Gasteiger charge is -2.19. The third-order valence-corrected chi connectivity index (χ3v) is 14.5. The maximum absolute atomic E-state index is 8.85. The summed E-state index contributed by atoms with van der Waals surface area (Å²) in [6.07, 6.45) is 0. The van der Waals surface area contributed by atoms with E-state index in [1.165, 1.54) is 0 Å². The minimum Gasteiger partial charge on any atom is -0.456 e. The van der Waals surface area contributed by atoms with Crippen molar-refractivity contribution in [3.8, 4) is 33.6 Å². The zero-order valence-electron chi connectivity index (χ0n) is 37.2. The summed E-state index contributed by atoms with van der Waals surface area (Å²) >= 11 is 0. The molecular weight excluding hydrogens is 857 g/mol. The Hall–Kier alpha value is -9.88. The van der Waals surface area contributed by atoms with E-state index in [0.717, 1.165) is 137 Å². The fraction of sp³-hybridized carbons (Fsp3) is 0. The Morgan fingerprint density at radius 1 is 0.329 bits per heavy atom. The van der Waals surface area contributed by atoms with Crippen LogP contribution in [-0.4, -0.2) is 9.13 Å². The van der Waals surface area contributed by atoms with Crippen LogP contribution in [0, 0.1) is 13.1 Å². The summed E-state index contributed by atoms with van der Waals surface area (Å²) in [4.78, 5) is 8.22. The molecule has 0 radical (unpaired) electrons. The first-order valence-electron chi connectivity index (χ1n) is 23.3. The van der Waals surface area contributed by atoms with Crippen LogP contribution in [0.3, 0.4) is 0 Å². The average molecular weight is 891 g/mol. The lowest BCUT2D eigenvalue weighted by Crippen LogP contribution is -2.04. The second kappa shape index (κ2) is 14.3. The lowest BCUT2D eigenvalue weighted by molar-refractivity contribution is 0.668. The van der Waals surface area contributed by atoms with Gasteiger partial charge in [0, 0.05) is 43.1 Å². The van der Waals surface area contributed by atoms with E-state index < -0.39 is 0 Å². The molecule has 6 nitrogen and oxygen atoms in total. The van der Waals surface area contributed by atoms with E-state index in [1.807, 2.05) is 48.5 Å². The van der Waals surface area contributed by atoms with Crippen LogP contribution in [0.25, 0.3) is 152 Å². The molecule has 0 aliphatic carbocycles. The van der Waals surface area contributed by atoms with Gasteiger partial charge in [0.2, 0.25) is 5.69 Å². The molecule has 15 rings (SSSR count). The van der Waals surface area contributed by atoms with E-state index in [9.17, 15) is 0 Å². The van der Waals surface area contributed by atoms with E-state index in [2.05, 4.69) is 177 Å². The highest BCUT2D eigenvalue weighted by molar-refractivity contribution is 6.24. The number of nitrogens with zero attached hydrogens (tertiary/aromatic N) is 4. The first kappa shape index (κ1) is 38.2. The summed E-state index contributed by atoms with van der Waals surface area (Å²) in [6.45, 7) is 17.2. The summed E-state index contributed by atoms with van der Waals surface area (Å²) in [5.74, 6) is 0. The molecular formula is C64H34N4O2. The molecule has 11 aromatic carbocycles. The minimum atomic E-state index is 0.297. The van der Waals surface area contributed by atoms with Crippen LogP contribution in [0.4, 0.5) is 11.4 Å². The third-order valence-electron chi connectivity index (χ3n) is 14.5. The molecule has 6 heteroatoms. The number of hydrogen-bond acceptors (Lipinski definition) is 2. The third kappa shape index (κ3) is 5.30. The van der Waals surface area contributed by atoms with Crippen molar-refractivity contribution >= 4 is 120 Å². The van der Waals surface area contributed by atoms with Crippen LogP contribution in [0.1, 0.15) is 0 Å². The number of para-hydroxylation sites is 2. The molecule has 0 unspecified atom stereocenters. The fourth-order valence-electron chi connectivity index (χ4n) is 11.4. The summed E-state index contributed by atoms with van der Waals surface area (Å²) < 4.78 is 17.3. The van der Waals surface area contributed by atoms with Gasteiger partial charge in [-0.1, -0.05) is 127 Å². The molecule has 0 spiro atoms. The van der Waals surface area contributed by atoms with Crippen LogP contribution in [0.5, 0.6) is 0 Å². The SMILES string of the molecule is [C-]#[N+]c1ccc(-n2c3ccc(-c4ccc5c(c4)oc4ccccc45)cc3c3c4ccccc4ccc32)c(-n2c3ccc(-c4ccc5c(c4)oc4ccccc45)cc3c3c4ccccc4ccc32)c1[N+]#[C-]. The second-order valence-corrected chi connectivity index (χ2v) is 18.1. The van der Waals surface area contributed by atoms with Crippen molar-refractivity contribution in [2.75, 3.05) is 0 Å². The van der Waals surface area contributed by atoms with Gasteiger partial charge in [0.15, 0.2) is 5.69 Å². The molecule has 0 amide bonds. The summed E-state index contributed by atoms with van der Waals surface area (Å²) in [7, 11) is 0. The molecule has 0 N–H and O–H groups in total. The highest BCUT2D eigenvalue weighted by Gasteiger charge is 2.26. The number of hydrogen-bond donors (Lipinski definition) is 0. The number of aromatic nitrogens is 2. The van der Waals surface area contributed by atoms with E-state index >= 15 is 0 Å². The maximum Gasteiger partial charge on any atom is 0.220 e. The molecule has 0 saturated carbocycles. The van der Waals surface area contributed by atoms with Crippen molar-refractivity contribution in [1.82, 2.24) is 9.13 Å². The summed E-state index contributed by atoms with van der Waals surface area (Å²) in [6, 6.07) is 72.2. The molecule has 4 heterocycles. The van der Waals surface area contributed by atoms with Crippen molar-refractivity contribution in [1.29, 1.82) is 0 Å². The normalized spacial score (nSPS) is 12.0. The Labute approximate surface area is 399 Å². The summed E-state index contributed by atoms with van der Waals surface area (Å²) in [5.41, 5.74) is 13.6. The van der Waals surface area contributed by atoms with Crippen molar-refractivity contribution in [3.05, 3.63) is 229 Å². The monoisotopic (exact) mass is 890 g/mol. The van der Waals surface area contributed by atoms with Crippen molar-refractivity contribution < 1.29 is 8.83 Å². The molecule has 322 valence electrons. The van der Waals surface area contributed by atoms with E-state index in [1.54, 1.807) is 0 Å². The van der Waals surface area contributed by atoms with E-state index in [4.69, 9.17) is 22.0 Å². The van der Waals surface area contributed by atoms with Gasteiger partial charge in [0.1, 0.15) is 22.3 Å². The topological polar surface area (TPSA) is 44.9 Å². The van der Waals surface area contributed by atoms with Gasteiger partial charge in [0.25, 0.3) is 0 Å². The van der Waals surface area contributed by atoms with Crippen LogP contribution in [0.15, 0.2) is 215 Å². The van der Waals surface area contributed by atoms with Gasteiger partial charge in [-0.15, -0.1) is 0 Å². The van der Waals surface area contributed by atoms with Crippen LogP contribution < -0.4 is 0 Å². The Bertz CT molecular complexity index is 4870. The first-order chi connectivity index (χ1) is 34.6. The number of rotatable bonds is 4. The first-order valence-corrected chi connectivity index (χ1v) is 23.3. The second-order valence-electron chi connectivity index (χ2n) is 18.1. The van der Waals surface area contributed by atoms with Crippen molar-refractivity contribution in [2.24, 2.45) is 0 Å². The molecule has 15 aromatic rings. The Kier molecular flexibility index (Phi) is 7.82. The highest BCUT2D eigenvalue weighted by Crippen LogP contribution is 2.48. The smallest absolute Gasteiger partial charge is 0.220 e. The molecule has 0 aliphatic rings. The molecule has 0 saturated heterocycles. The van der Waals surface area contributed by atoms with Gasteiger partial charge in [-0.3, -0.25) is 4.85 Å². The molecule has 0 bridgehead atoms. The molecule has 0 fully saturated rings. The van der Waals surface area contributed by atoms with Crippen molar-refractivity contribution in [3.63, 3.8) is 0 Å². The van der Waals surface area contributed by atoms with Gasteiger partial charge < -0.3 is 18.0 Å². The number of benzene rings is 11. The Balaban J connectivity index is 1.02. The zero-order chi connectivity index (χ0) is 46.2. The van der Waals surface area contributed by atoms with Gasteiger partial charge >= 0.3 is 0 Å². The van der Waals surface area contributed by atoms with Crippen LogP contribution in [-0.2, 0) is 0 Å². The Morgan fingerprint density at radius 3 is 1.31 bits per heavy atom.